The second kappa shape index (κ2) is 8.77. The van der Waals surface area contributed by atoms with E-state index in [2.05, 4.69) is 0 Å². The van der Waals surface area contributed by atoms with E-state index in [0.29, 0.717) is 11.3 Å². The highest BCUT2D eigenvalue weighted by molar-refractivity contribution is 5.83. The summed E-state index contributed by atoms with van der Waals surface area (Å²) in [5, 5.41) is 49.3. The van der Waals surface area contributed by atoms with Crippen molar-refractivity contribution in [1.29, 1.82) is 0 Å². The smallest absolute Gasteiger partial charge is 0.229 e. The maximum atomic E-state index is 13.0. The summed E-state index contributed by atoms with van der Waals surface area (Å²) < 4.78 is 21.6. The van der Waals surface area contributed by atoms with E-state index in [1.54, 1.807) is 6.07 Å². The molecule has 170 valence electrons. The van der Waals surface area contributed by atoms with Gasteiger partial charge in [-0.25, -0.2) is 0 Å². The van der Waals surface area contributed by atoms with E-state index in [0.717, 1.165) is 0 Å². The lowest BCUT2D eigenvalue weighted by Gasteiger charge is -2.39. The highest BCUT2D eigenvalue weighted by atomic mass is 16.7. The molecule has 0 unspecified atom stereocenters. The molecule has 1 aromatic heterocycles. The first-order chi connectivity index (χ1) is 15.3. The molecule has 3 aromatic rings. The molecule has 0 saturated carbocycles. The van der Waals surface area contributed by atoms with Gasteiger partial charge in [-0.2, -0.15) is 0 Å². The van der Waals surface area contributed by atoms with Crippen molar-refractivity contribution in [1.82, 2.24) is 0 Å². The molecule has 10 heteroatoms. The molecule has 2 aromatic carbocycles. The molecule has 10 nitrogen and oxygen atoms in total. The van der Waals surface area contributed by atoms with E-state index in [4.69, 9.17) is 18.6 Å². The van der Waals surface area contributed by atoms with Gasteiger partial charge in [0.25, 0.3) is 0 Å². The zero-order valence-electron chi connectivity index (χ0n) is 16.9. The molecule has 2 heterocycles. The predicted molar refractivity (Wildman–Crippen MR) is 111 cm³/mol. The first kappa shape index (κ1) is 22.1. The van der Waals surface area contributed by atoms with Gasteiger partial charge in [-0.1, -0.05) is 0 Å². The van der Waals surface area contributed by atoms with Gasteiger partial charge in [0.2, 0.25) is 6.29 Å². The van der Waals surface area contributed by atoms with Crippen LogP contribution in [-0.2, 0) is 4.74 Å². The number of aliphatic hydroxyl groups is 4. The molecule has 0 spiro atoms. The lowest BCUT2D eigenvalue weighted by atomic mass is 9.99. The zero-order valence-corrected chi connectivity index (χ0v) is 16.9. The Labute approximate surface area is 181 Å². The number of fused-ring (bicyclic) bond motifs is 1. The van der Waals surface area contributed by atoms with Crippen LogP contribution in [0.4, 0.5) is 0 Å². The molecule has 0 aliphatic carbocycles. The molecule has 5 atom stereocenters. The van der Waals surface area contributed by atoms with Crippen molar-refractivity contribution in [2.75, 3.05) is 13.7 Å². The fraction of sp³-hybridized carbons (Fsp3) is 0.318. The average molecular weight is 446 g/mol. The topological polar surface area (TPSA) is 159 Å². The van der Waals surface area contributed by atoms with Crippen LogP contribution in [0, 0.1) is 0 Å². The third-order valence-electron chi connectivity index (χ3n) is 5.28. The molecule has 1 saturated heterocycles. The maximum absolute atomic E-state index is 13.0. The summed E-state index contributed by atoms with van der Waals surface area (Å²) in [4.78, 5) is 13.0. The fourth-order valence-electron chi connectivity index (χ4n) is 3.54. The number of aromatic hydroxyl groups is 1. The Morgan fingerprint density at radius 2 is 1.78 bits per heavy atom. The van der Waals surface area contributed by atoms with E-state index in [1.165, 1.54) is 43.7 Å². The highest BCUT2D eigenvalue weighted by Crippen LogP contribution is 2.30. The summed E-state index contributed by atoms with van der Waals surface area (Å²) in [5.41, 5.74) is 0.472. The fourth-order valence-corrected chi connectivity index (χ4v) is 3.54. The first-order valence-electron chi connectivity index (χ1n) is 9.73. The molecule has 0 amide bonds. The summed E-state index contributed by atoms with van der Waals surface area (Å²) in [6, 6.07) is 8.74. The molecule has 1 aliphatic rings. The largest absolute Gasteiger partial charge is 0.508 e. The van der Waals surface area contributed by atoms with E-state index < -0.39 is 37.3 Å². The van der Waals surface area contributed by atoms with Crippen molar-refractivity contribution < 1.29 is 44.2 Å². The molecular formula is C22H22O10. The number of phenolic OH excluding ortho intramolecular Hbond substituents is 1. The SMILES string of the molecule is COc1cc(O)cc(-c2coc3cc(O[C@@H]4O[C@@H](CO)[C@@H](O)[C@H](O)[C@H]4O)ccc3c2=O)c1. The lowest BCUT2D eigenvalue weighted by molar-refractivity contribution is -0.277. The molecule has 1 fully saturated rings. The van der Waals surface area contributed by atoms with Crippen LogP contribution < -0.4 is 14.9 Å². The number of hydrogen-bond acceptors (Lipinski definition) is 10. The molecule has 32 heavy (non-hydrogen) atoms. The Bertz CT molecular complexity index is 1170. The van der Waals surface area contributed by atoms with Gasteiger partial charge in [-0.15, -0.1) is 0 Å². The van der Waals surface area contributed by atoms with Gasteiger partial charge in [0.05, 0.1) is 24.7 Å². The summed E-state index contributed by atoms with van der Waals surface area (Å²) in [6.07, 6.45) is -5.88. The van der Waals surface area contributed by atoms with Crippen LogP contribution in [0.15, 0.2) is 51.9 Å². The molecule has 5 N–H and O–H groups in total. The molecule has 0 radical (unpaired) electrons. The Kier molecular flexibility index (Phi) is 6.04. The van der Waals surface area contributed by atoms with Gasteiger partial charge < -0.3 is 44.2 Å². The predicted octanol–water partition coefficient (Wildman–Crippen LogP) is 0.353. The minimum Gasteiger partial charge on any atom is -0.508 e. The second-order valence-corrected chi connectivity index (χ2v) is 7.37. The quantitative estimate of drug-likeness (QED) is 0.370. The van der Waals surface area contributed by atoms with Crippen molar-refractivity contribution in [3.05, 3.63) is 52.9 Å². The number of phenols is 1. The standard InChI is InChI=1S/C22H22O10/c1-29-13-5-10(4-11(24)6-13)15-9-30-16-7-12(2-3-14(16)18(15)25)31-22-21(28)20(27)19(26)17(8-23)32-22/h2-7,9,17,19-24,26-28H,8H2,1H3/t17-,19+,20-,21+,22+/m0/s1. The van der Waals surface area contributed by atoms with Crippen LogP contribution in [0.2, 0.25) is 0 Å². The first-order valence-corrected chi connectivity index (χ1v) is 9.73. The Hall–Kier alpha value is -3.15. The third-order valence-corrected chi connectivity index (χ3v) is 5.28. The number of ether oxygens (including phenoxy) is 3. The maximum Gasteiger partial charge on any atom is 0.229 e. The van der Waals surface area contributed by atoms with E-state index in [1.807, 2.05) is 0 Å². The molecule has 0 bridgehead atoms. The minimum atomic E-state index is -1.58. The van der Waals surface area contributed by atoms with Gasteiger partial charge in [-0.3, -0.25) is 4.79 Å². The second-order valence-electron chi connectivity index (χ2n) is 7.37. The van der Waals surface area contributed by atoms with Crippen LogP contribution in [0.25, 0.3) is 22.1 Å². The third kappa shape index (κ3) is 4.01. The van der Waals surface area contributed by atoms with Crippen molar-refractivity contribution in [3.63, 3.8) is 0 Å². The summed E-state index contributed by atoms with van der Waals surface area (Å²) >= 11 is 0. The van der Waals surface area contributed by atoms with Gasteiger partial charge in [0.1, 0.15) is 53.5 Å². The average Bonchev–Trinajstić information content (AvgIpc) is 2.79. The number of hydrogen-bond donors (Lipinski definition) is 5. The Balaban J connectivity index is 1.64. The van der Waals surface area contributed by atoms with Crippen molar-refractivity contribution in [2.24, 2.45) is 0 Å². The minimum absolute atomic E-state index is 0.0675. The van der Waals surface area contributed by atoms with Crippen molar-refractivity contribution in [2.45, 2.75) is 30.7 Å². The zero-order chi connectivity index (χ0) is 23.0. The van der Waals surface area contributed by atoms with Crippen LogP contribution in [-0.4, -0.2) is 70.0 Å². The number of aliphatic hydroxyl groups excluding tert-OH is 4. The van der Waals surface area contributed by atoms with Crippen LogP contribution in [0.1, 0.15) is 0 Å². The van der Waals surface area contributed by atoms with E-state index in [9.17, 15) is 30.3 Å². The number of rotatable bonds is 5. The van der Waals surface area contributed by atoms with Crippen LogP contribution >= 0.6 is 0 Å². The van der Waals surface area contributed by atoms with Gasteiger partial charge in [0, 0.05) is 12.1 Å². The highest BCUT2D eigenvalue weighted by Gasteiger charge is 2.44. The number of methoxy groups -OCH3 is 1. The summed E-state index contributed by atoms with van der Waals surface area (Å²) in [7, 11) is 1.44. The summed E-state index contributed by atoms with van der Waals surface area (Å²) in [6.45, 7) is -0.583. The van der Waals surface area contributed by atoms with Gasteiger partial charge >= 0.3 is 0 Å². The van der Waals surface area contributed by atoms with E-state index in [-0.39, 0.29) is 33.5 Å². The molecule has 1 aliphatic heterocycles. The Morgan fingerprint density at radius 3 is 2.50 bits per heavy atom. The van der Waals surface area contributed by atoms with Crippen molar-refractivity contribution >= 4 is 11.0 Å². The Morgan fingerprint density at radius 1 is 1.00 bits per heavy atom. The van der Waals surface area contributed by atoms with Crippen molar-refractivity contribution in [3.8, 4) is 28.4 Å². The normalized spacial score (nSPS) is 25.6. The lowest BCUT2D eigenvalue weighted by Crippen LogP contribution is -2.60. The molecule has 4 rings (SSSR count). The van der Waals surface area contributed by atoms with Crippen LogP contribution in [0.5, 0.6) is 17.2 Å². The summed E-state index contributed by atoms with van der Waals surface area (Å²) in [5.74, 6) is 0.474. The van der Waals surface area contributed by atoms with E-state index >= 15 is 0 Å². The van der Waals surface area contributed by atoms with Gasteiger partial charge in [0.15, 0.2) is 5.43 Å². The van der Waals surface area contributed by atoms with Gasteiger partial charge in [-0.05, 0) is 29.8 Å². The molecular weight excluding hydrogens is 424 g/mol. The monoisotopic (exact) mass is 446 g/mol. The number of benzene rings is 2. The van der Waals surface area contributed by atoms with Crippen LogP contribution in [0.3, 0.4) is 0 Å².